The molecule has 0 bridgehead atoms. The Morgan fingerprint density at radius 1 is 1.35 bits per heavy atom. The predicted molar refractivity (Wildman–Crippen MR) is 68.1 cm³/mol. The minimum absolute atomic E-state index is 0.373. The van der Waals surface area contributed by atoms with Gasteiger partial charge in [-0.25, -0.2) is 0 Å². The fourth-order valence-corrected chi connectivity index (χ4v) is 2.29. The lowest BCUT2D eigenvalue weighted by Crippen LogP contribution is -2.22. The number of rotatable bonds is 4. The third kappa shape index (κ3) is 3.11. The van der Waals surface area contributed by atoms with Gasteiger partial charge in [0.2, 0.25) is 0 Å². The van der Waals surface area contributed by atoms with E-state index < -0.39 is 0 Å². The molecule has 0 radical (unpaired) electrons. The number of hydrogen-bond donors (Lipinski definition) is 1. The van der Waals surface area contributed by atoms with Gasteiger partial charge in [0.15, 0.2) is 0 Å². The molecule has 1 saturated heterocycles. The monoisotopic (exact) mass is 236 g/mol. The summed E-state index contributed by atoms with van der Waals surface area (Å²) in [6, 6.07) is 5.88. The highest BCUT2D eigenvalue weighted by atomic mass is 16.5. The number of ether oxygens (including phenoxy) is 2. The zero-order chi connectivity index (χ0) is 12.3. The Labute approximate surface area is 102 Å². The van der Waals surface area contributed by atoms with Crippen molar-refractivity contribution in [2.45, 2.75) is 19.1 Å². The van der Waals surface area contributed by atoms with E-state index in [1.807, 2.05) is 18.2 Å². The van der Waals surface area contributed by atoms with Gasteiger partial charge in [0.05, 0.1) is 13.2 Å². The molecule has 4 nitrogen and oxygen atoms in total. The van der Waals surface area contributed by atoms with Gasteiger partial charge < -0.3 is 15.2 Å². The first kappa shape index (κ1) is 12.2. The number of nitrogens with two attached hydrogens (primary N) is 1. The summed E-state index contributed by atoms with van der Waals surface area (Å²) in [4.78, 5) is 2.38. The molecule has 1 atom stereocenters. The Kier molecular flexibility index (Phi) is 3.86. The van der Waals surface area contributed by atoms with Gasteiger partial charge in [-0.05, 0) is 24.1 Å². The summed E-state index contributed by atoms with van der Waals surface area (Å²) in [7, 11) is 3.44. The fraction of sp³-hybridized carbons (Fsp3) is 0.538. The summed E-state index contributed by atoms with van der Waals surface area (Å²) in [5, 5.41) is 0. The second kappa shape index (κ2) is 5.38. The predicted octanol–water partition coefficient (Wildman–Crippen LogP) is 1.50. The van der Waals surface area contributed by atoms with Crippen molar-refractivity contribution in [3.05, 3.63) is 23.8 Å². The van der Waals surface area contributed by atoms with Crippen molar-refractivity contribution in [2.75, 3.05) is 33.0 Å². The second-order valence-corrected chi connectivity index (χ2v) is 4.50. The Hall–Kier alpha value is -1.26. The van der Waals surface area contributed by atoms with Crippen molar-refractivity contribution in [1.82, 2.24) is 4.90 Å². The molecular formula is C13H20N2O2. The largest absolute Gasteiger partial charge is 0.497 e. The maximum absolute atomic E-state index is 5.84. The number of anilines is 1. The van der Waals surface area contributed by atoms with Crippen LogP contribution in [0.3, 0.4) is 0 Å². The Morgan fingerprint density at radius 3 is 2.82 bits per heavy atom. The van der Waals surface area contributed by atoms with Crippen LogP contribution in [0.15, 0.2) is 18.2 Å². The molecule has 0 amide bonds. The molecule has 2 N–H and O–H groups in total. The lowest BCUT2D eigenvalue weighted by Gasteiger charge is -2.16. The molecule has 1 aliphatic heterocycles. The molecule has 1 unspecified atom stereocenters. The molecule has 1 heterocycles. The maximum atomic E-state index is 5.84. The first-order valence-electron chi connectivity index (χ1n) is 5.90. The molecule has 4 heteroatoms. The molecule has 0 saturated carbocycles. The minimum Gasteiger partial charge on any atom is -0.497 e. The molecule has 1 fully saturated rings. The Balaban J connectivity index is 2.01. The van der Waals surface area contributed by atoms with Crippen LogP contribution >= 0.6 is 0 Å². The molecule has 17 heavy (non-hydrogen) atoms. The van der Waals surface area contributed by atoms with Gasteiger partial charge in [0.1, 0.15) is 5.75 Å². The molecule has 0 aromatic heterocycles. The first-order valence-corrected chi connectivity index (χ1v) is 5.90. The summed E-state index contributed by atoms with van der Waals surface area (Å²) < 4.78 is 10.6. The summed E-state index contributed by atoms with van der Waals surface area (Å²) in [5.74, 6) is 0.822. The fourth-order valence-electron chi connectivity index (χ4n) is 2.29. The molecule has 94 valence electrons. The highest BCUT2D eigenvalue weighted by Crippen LogP contribution is 2.21. The van der Waals surface area contributed by atoms with Crippen LogP contribution in [0, 0.1) is 0 Å². The first-order chi connectivity index (χ1) is 8.21. The van der Waals surface area contributed by atoms with Crippen LogP contribution in [0.1, 0.15) is 12.0 Å². The SMILES string of the molecule is COc1cc(N)cc(CN2CCC(OC)C2)c1. The van der Waals surface area contributed by atoms with Crippen LogP contribution in [-0.4, -0.2) is 38.3 Å². The minimum atomic E-state index is 0.373. The average Bonchev–Trinajstić information content (AvgIpc) is 2.76. The molecular weight excluding hydrogens is 216 g/mol. The van der Waals surface area contributed by atoms with Gasteiger partial charge in [0, 0.05) is 38.5 Å². The average molecular weight is 236 g/mol. The summed E-state index contributed by atoms with van der Waals surface area (Å²) >= 11 is 0. The molecule has 0 spiro atoms. The van der Waals surface area contributed by atoms with Crippen molar-refractivity contribution < 1.29 is 9.47 Å². The van der Waals surface area contributed by atoms with Crippen molar-refractivity contribution >= 4 is 5.69 Å². The van der Waals surface area contributed by atoms with Gasteiger partial charge in [-0.1, -0.05) is 0 Å². The van der Waals surface area contributed by atoms with E-state index in [1.165, 1.54) is 5.56 Å². The van der Waals surface area contributed by atoms with E-state index >= 15 is 0 Å². The molecule has 1 aromatic rings. The van der Waals surface area contributed by atoms with Crippen LogP contribution in [0.4, 0.5) is 5.69 Å². The van der Waals surface area contributed by atoms with E-state index in [-0.39, 0.29) is 0 Å². The van der Waals surface area contributed by atoms with E-state index in [0.717, 1.165) is 37.5 Å². The number of benzene rings is 1. The summed E-state index contributed by atoms with van der Waals surface area (Å²) in [6.45, 7) is 2.98. The third-order valence-electron chi connectivity index (χ3n) is 3.19. The van der Waals surface area contributed by atoms with E-state index in [4.69, 9.17) is 15.2 Å². The Bertz CT molecular complexity index is 382. The quantitative estimate of drug-likeness (QED) is 0.805. The standard InChI is InChI=1S/C13H20N2O2/c1-16-12-3-4-15(9-12)8-10-5-11(14)7-13(6-10)17-2/h5-7,12H,3-4,8-9,14H2,1-2H3. The Morgan fingerprint density at radius 2 is 2.18 bits per heavy atom. The topological polar surface area (TPSA) is 47.7 Å². The van der Waals surface area contributed by atoms with Crippen LogP contribution < -0.4 is 10.5 Å². The van der Waals surface area contributed by atoms with Crippen LogP contribution in [0.5, 0.6) is 5.75 Å². The maximum Gasteiger partial charge on any atom is 0.121 e. The second-order valence-electron chi connectivity index (χ2n) is 4.50. The number of hydrogen-bond acceptors (Lipinski definition) is 4. The smallest absolute Gasteiger partial charge is 0.121 e. The van der Waals surface area contributed by atoms with Crippen LogP contribution in [0.2, 0.25) is 0 Å². The summed E-state index contributed by atoms with van der Waals surface area (Å²) in [5.41, 5.74) is 7.78. The highest BCUT2D eigenvalue weighted by molar-refractivity contribution is 5.47. The molecule has 2 rings (SSSR count). The van der Waals surface area contributed by atoms with E-state index in [2.05, 4.69) is 4.90 Å². The number of methoxy groups -OCH3 is 2. The number of nitrogen functional groups attached to an aromatic ring is 1. The normalized spacial score (nSPS) is 20.7. The molecule has 0 aliphatic carbocycles. The zero-order valence-corrected chi connectivity index (χ0v) is 10.5. The lowest BCUT2D eigenvalue weighted by atomic mass is 10.2. The highest BCUT2D eigenvalue weighted by Gasteiger charge is 2.21. The van der Waals surface area contributed by atoms with Gasteiger partial charge in [-0.15, -0.1) is 0 Å². The van der Waals surface area contributed by atoms with Gasteiger partial charge >= 0.3 is 0 Å². The summed E-state index contributed by atoms with van der Waals surface area (Å²) in [6.07, 6.45) is 1.48. The molecule has 1 aliphatic rings. The molecule has 1 aromatic carbocycles. The van der Waals surface area contributed by atoms with Crippen molar-refractivity contribution in [3.63, 3.8) is 0 Å². The van der Waals surface area contributed by atoms with Crippen molar-refractivity contribution in [2.24, 2.45) is 0 Å². The van der Waals surface area contributed by atoms with Crippen LogP contribution in [-0.2, 0) is 11.3 Å². The van der Waals surface area contributed by atoms with Gasteiger partial charge in [-0.2, -0.15) is 0 Å². The van der Waals surface area contributed by atoms with E-state index in [9.17, 15) is 0 Å². The van der Waals surface area contributed by atoms with Gasteiger partial charge in [-0.3, -0.25) is 4.90 Å². The lowest BCUT2D eigenvalue weighted by molar-refractivity contribution is 0.107. The van der Waals surface area contributed by atoms with Gasteiger partial charge in [0.25, 0.3) is 0 Å². The number of nitrogens with zero attached hydrogens (tertiary/aromatic N) is 1. The third-order valence-corrected chi connectivity index (χ3v) is 3.19. The van der Waals surface area contributed by atoms with Crippen LogP contribution in [0.25, 0.3) is 0 Å². The van der Waals surface area contributed by atoms with E-state index in [0.29, 0.717) is 6.10 Å². The van der Waals surface area contributed by atoms with Crippen molar-refractivity contribution in [3.8, 4) is 5.75 Å². The zero-order valence-electron chi connectivity index (χ0n) is 10.5. The van der Waals surface area contributed by atoms with Crippen molar-refractivity contribution in [1.29, 1.82) is 0 Å². The number of likely N-dealkylation sites (tertiary alicyclic amines) is 1. The van der Waals surface area contributed by atoms with E-state index in [1.54, 1.807) is 14.2 Å².